The molecule has 0 saturated heterocycles. The van der Waals surface area contributed by atoms with Gasteiger partial charge in [0.25, 0.3) is 0 Å². The maximum Gasteiger partial charge on any atom is 0.335 e. The average Bonchev–Trinajstić information content (AvgIpc) is 2.28. The van der Waals surface area contributed by atoms with E-state index in [1.807, 2.05) is 24.9 Å². The third-order valence-electron chi connectivity index (χ3n) is 2.57. The van der Waals surface area contributed by atoms with Gasteiger partial charge in [-0.25, -0.2) is 4.79 Å². The number of hydrogen-bond acceptors (Lipinski definition) is 3. The number of nitrogens with zero attached hydrogens (tertiary/aromatic N) is 1. The standard InChI is InChI=1S/C12H17NO3/c1-9(8-16-3)13(2)11-6-4-5-10(7-11)12(14)15/h4-7,9H,8H2,1-3H3,(H,14,15). The number of carbonyl (C=O) groups is 1. The van der Waals surface area contributed by atoms with Crippen molar-refractivity contribution in [2.24, 2.45) is 0 Å². The maximum absolute atomic E-state index is 10.8. The smallest absolute Gasteiger partial charge is 0.335 e. The molecule has 1 rings (SSSR count). The molecule has 0 saturated carbocycles. The van der Waals surface area contributed by atoms with E-state index in [0.717, 1.165) is 5.69 Å². The maximum atomic E-state index is 10.8. The lowest BCUT2D eigenvalue weighted by molar-refractivity contribution is 0.0697. The van der Waals surface area contributed by atoms with E-state index < -0.39 is 5.97 Å². The van der Waals surface area contributed by atoms with E-state index >= 15 is 0 Å². The van der Waals surface area contributed by atoms with Crippen LogP contribution in [0.2, 0.25) is 0 Å². The van der Waals surface area contributed by atoms with E-state index in [0.29, 0.717) is 12.2 Å². The third-order valence-corrected chi connectivity index (χ3v) is 2.57. The normalized spacial score (nSPS) is 12.2. The first-order valence-corrected chi connectivity index (χ1v) is 5.11. The van der Waals surface area contributed by atoms with Crippen LogP contribution < -0.4 is 4.90 Å². The molecule has 4 heteroatoms. The van der Waals surface area contributed by atoms with Crippen LogP contribution in [0.4, 0.5) is 5.69 Å². The Hall–Kier alpha value is -1.55. The van der Waals surface area contributed by atoms with E-state index in [4.69, 9.17) is 9.84 Å². The summed E-state index contributed by atoms with van der Waals surface area (Å²) in [4.78, 5) is 12.8. The second kappa shape index (κ2) is 5.51. The van der Waals surface area contributed by atoms with Gasteiger partial charge < -0.3 is 14.7 Å². The Morgan fingerprint density at radius 2 is 2.25 bits per heavy atom. The number of carboxylic acid groups (broad SMARTS) is 1. The van der Waals surface area contributed by atoms with Crippen molar-refractivity contribution in [1.82, 2.24) is 0 Å². The predicted molar refractivity (Wildman–Crippen MR) is 63.1 cm³/mol. The van der Waals surface area contributed by atoms with E-state index in [1.165, 1.54) is 0 Å². The van der Waals surface area contributed by atoms with Crippen molar-refractivity contribution >= 4 is 11.7 Å². The number of aromatic carboxylic acids is 1. The first kappa shape index (κ1) is 12.5. The lowest BCUT2D eigenvalue weighted by Gasteiger charge is -2.26. The molecular formula is C12H17NO3. The summed E-state index contributed by atoms with van der Waals surface area (Å²) in [5.41, 5.74) is 1.18. The van der Waals surface area contributed by atoms with Gasteiger partial charge in [0, 0.05) is 25.9 Å². The molecule has 1 N–H and O–H groups in total. The Kier molecular flexibility index (Phi) is 4.31. The van der Waals surface area contributed by atoms with Gasteiger partial charge in [-0.15, -0.1) is 0 Å². The number of benzene rings is 1. The van der Waals surface area contributed by atoms with Crippen LogP contribution in [0, 0.1) is 0 Å². The minimum Gasteiger partial charge on any atom is -0.478 e. The first-order valence-electron chi connectivity index (χ1n) is 5.11. The zero-order chi connectivity index (χ0) is 12.1. The molecule has 1 atom stereocenters. The van der Waals surface area contributed by atoms with Crippen LogP contribution >= 0.6 is 0 Å². The summed E-state index contributed by atoms with van der Waals surface area (Å²) in [6.45, 7) is 2.63. The van der Waals surface area contributed by atoms with Crippen LogP contribution in [-0.4, -0.2) is 37.9 Å². The number of likely N-dealkylation sites (N-methyl/N-ethyl adjacent to an activating group) is 1. The Labute approximate surface area is 95.5 Å². The topological polar surface area (TPSA) is 49.8 Å². The monoisotopic (exact) mass is 223 g/mol. The molecule has 0 radical (unpaired) electrons. The molecular weight excluding hydrogens is 206 g/mol. The van der Waals surface area contributed by atoms with E-state index in [9.17, 15) is 4.79 Å². The van der Waals surface area contributed by atoms with Crippen LogP contribution in [0.25, 0.3) is 0 Å². The lowest BCUT2D eigenvalue weighted by atomic mass is 10.1. The average molecular weight is 223 g/mol. The zero-order valence-electron chi connectivity index (χ0n) is 9.80. The molecule has 16 heavy (non-hydrogen) atoms. The van der Waals surface area contributed by atoms with Crippen molar-refractivity contribution in [2.75, 3.05) is 25.7 Å². The molecule has 1 aromatic carbocycles. The van der Waals surface area contributed by atoms with Crippen LogP contribution in [-0.2, 0) is 4.74 Å². The van der Waals surface area contributed by atoms with Crippen LogP contribution in [0.5, 0.6) is 0 Å². The third kappa shape index (κ3) is 2.97. The summed E-state index contributed by atoms with van der Waals surface area (Å²) in [5, 5.41) is 8.89. The molecule has 0 fully saturated rings. The molecule has 0 spiro atoms. The fraction of sp³-hybridized carbons (Fsp3) is 0.417. The minimum atomic E-state index is -0.908. The number of carboxylic acids is 1. The van der Waals surface area contributed by atoms with Crippen molar-refractivity contribution in [3.8, 4) is 0 Å². The van der Waals surface area contributed by atoms with Crippen LogP contribution in [0.1, 0.15) is 17.3 Å². The van der Waals surface area contributed by atoms with Crippen LogP contribution in [0.3, 0.4) is 0 Å². The molecule has 0 aliphatic carbocycles. The molecule has 0 aliphatic heterocycles. The molecule has 4 nitrogen and oxygen atoms in total. The van der Waals surface area contributed by atoms with Gasteiger partial charge in [0.2, 0.25) is 0 Å². The largest absolute Gasteiger partial charge is 0.478 e. The van der Waals surface area contributed by atoms with Gasteiger partial charge in [0.05, 0.1) is 12.2 Å². The fourth-order valence-corrected chi connectivity index (χ4v) is 1.47. The van der Waals surface area contributed by atoms with Crippen molar-refractivity contribution < 1.29 is 14.6 Å². The fourth-order valence-electron chi connectivity index (χ4n) is 1.47. The highest BCUT2D eigenvalue weighted by Gasteiger charge is 2.11. The quantitative estimate of drug-likeness (QED) is 0.827. The number of rotatable bonds is 5. The van der Waals surface area contributed by atoms with Crippen molar-refractivity contribution in [3.63, 3.8) is 0 Å². The van der Waals surface area contributed by atoms with Gasteiger partial charge in [-0.05, 0) is 25.1 Å². The Bertz CT molecular complexity index is 365. The van der Waals surface area contributed by atoms with Gasteiger partial charge in [-0.3, -0.25) is 0 Å². The van der Waals surface area contributed by atoms with Crippen LogP contribution in [0.15, 0.2) is 24.3 Å². The number of ether oxygens (including phenoxy) is 1. The molecule has 1 unspecified atom stereocenters. The predicted octanol–water partition coefficient (Wildman–Crippen LogP) is 1.86. The van der Waals surface area contributed by atoms with Crippen molar-refractivity contribution in [2.45, 2.75) is 13.0 Å². The summed E-state index contributed by atoms with van der Waals surface area (Å²) >= 11 is 0. The first-order chi connectivity index (χ1) is 7.56. The van der Waals surface area contributed by atoms with Crippen molar-refractivity contribution in [1.29, 1.82) is 0 Å². The lowest BCUT2D eigenvalue weighted by Crippen LogP contribution is -2.32. The van der Waals surface area contributed by atoms with Crippen molar-refractivity contribution in [3.05, 3.63) is 29.8 Å². The number of hydrogen-bond donors (Lipinski definition) is 1. The highest BCUT2D eigenvalue weighted by molar-refractivity contribution is 5.88. The molecule has 88 valence electrons. The second-order valence-corrected chi connectivity index (χ2v) is 3.77. The summed E-state index contributed by atoms with van der Waals surface area (Å²) in [5.74, 6) is -0.908. The number of methoxy groups -OCH3 is 1. The Morgan fingerprint density at radius 1 is 1.56 bits per heavy atom. The van der Waals surface area contributed by atoms with Gasteiger partial charge in [-0.1, -0.05) is 6.07 Å². The second-order valence-electron chi connectivity index (χ2n) is 3.77. The molecule has 0 aromatic heterocycles. The molecule has 0 aliphatic rings. The Morgan fingerprint density at radius 3 is 2.81 bits per heavy atom. The van der Waals surface area contributed by atoms with Gasteiger partial charge >= 0.3 is 5.97 Å². The van der Waals surface area contributed by atoms with Gasteiger partial charge in [0.15, 0.2) is 0 Å². The van der Waals surface area contributed by atoms with Gasteiger partial charge in [0.1, 0.15) is 0 Å². The van der Waals surface area contributed by atoms with E-state index in [-0.39, 0.29) is 6.04 Å². The highest BCUT2D eigenvalue weighted by Crippen LogP contribution is 2.17. The molecule has 0 heterocycles. The molecule has 0 bridgehead atoms. The molecule has 1 aromatic rings. The minimum absolute atomic E-state index is 0.203. The zero-order valence-corrected chi connectivity index (χ0v) is 9.80. The number of anilines is 1. The Balaban J connectivity index is 2.86. The highest BCUT2D eigenvalue weighted by atomic mass is 16.5. The SMILES string of the molecule is COCC(C)N(C)c1cccc(C(=O)O)c1. The molecule has 0 amide bonds. The van der Waals surface area contributed by atoms with E-state index in [2.05, 4.69) is 0 Å². The van der Waals surface area contributed by atoms with E-state index in [1.54, 1.807) is 25.3 Å². The summed E-state index contributed by atoms with van der Waals surface area (Å²) < 4.78 is 5.07. The summed E-state index contributed by atoms with van der Waals surface area (Å²) in [6.07, 6.45) is 0. The summed E-state index contributed by atoms with van der Waals surface area (Å²) in [6, 6.07) is 7.08. The van der Waals surface area contributed by atoms with Gasteiger partial charge in [-0.2, -0.15) is 0 Å². The summed E-state index contributed by atoms with van der Waals surface area (Å²) in [7, 11) is 3.57.